The highest BCUT2D eigenvalue weighted by Crippen LogP contribution is 2.16. The SMILES string of the molecule is CCNCC(C)CN1CCC(C)CC1. The molecule has 14 heavy (non-hydrogen) atoms. The lowest BCUT2D eigenvalue weighted by molar-refractivity contribution is 0.170. The van der Waals surface area contributed by atoms with Crippen molar-refractivity contribution in [2.24, 2.45) is 11.8 Å². The first kappa shape index (κ1) is 12.0. The summed E-state index contributed by atoms with van der Waals surface area (Å²) in [5.74, 6) is 1.75. The van der Waals surface area contributed by atoms with Gasteiger partial charge in [-0.15, -0.1) is 0 Å². The smallest absolute Gasteiger partial charge is 0.00191 e. The van der Waals surface area contributed by atoms with Crippen LogP contribution in [0.1, 0.15) is 33.6 Å². The third-order valence-electron chi connectivity index (χ3n) is 3.19. The first-order chi connectivity index (χ1) is 6.72. The number of nitrogens with one attached hydrogen (secondary N) is 1. The lowest BCUT2D eigenvalue weighted by Crippen LogP contribution is -2.38. The first-order valence-corrected chi connectivity index (χ1v) is 6.15. The molecule has 0 aromatic heterocycles. The van der Waals surface area contributed by atoms with Gasteiger partial charge in [-0.2, -0.15) is 0 Å². The van der Waals surface area contributed by atoms with E-state index in [1.807, 2.05) is 0 Å². The summed E-state index contributed by atoms with van der Waals surface area (Å²) in [5, 5.41) is 3.42. The number of hydrogen-bond donors (Lipinski definition) is 1. The molecule has 0 aliphatic carbocycles. The zero-order valence-corrected chi connectivity index (χ0v) is 10.1. The Kier molecular flexibility index (Phi) is 5.49. The van der Waals surface area contributed by atoms with Gasteiger partial charge in [0.1, 0.15) is 0 Å². The van der Waals surface area contributed by atoms with E-state index in [-0.39, 0.29) is 0 Å². The minimum absolute atomic E-state index is 0.795. The molecule has 1 fully saturated rings. The summed E-state index contributed by atoms with van der Waals surface area (Å²) in [5.41, 5.74) is 0. The van der Waals surface area contributed by atoms with E-state index < -0.39 is 0 Å². The summed E-state index contributed by atoms with van der Waals surface area (Å²) >= 11 is 0. The molecule has 1 saturated heterocycles. The standard InChI is InChI=1S/C12H26N2/c1-4-13-9-12(3)10-14-7-5-11(2)6-8-14/h11-13H,4-10H2,1-3H3. The molecule has 0 spiro atoms. The average Bonchev–Trinajstić information content (AvgIpc) is 2.18. The highest BCUT2D eigenvalue weighted by molar-refractivity contribution is 4.71. The molecule has 0 aromatic rings. The predicted molar refractivity (Wildman–Crippen MR) is 62.5 cm³/mol. The minimum Gasteiger partial charge on any atom is -0.317 e. The molecule has 2 heteroatoms. The zero-order chi connectivity index (χ0) is 10.4. The predicted octanol–water partition coefficient (Wildman–Crippen LogP) is 1.96. The third kappa shape index (κ3) is 4.43. The maximum absolute atomic E-state index is 3.42. The monoisotopic (exact) mass is 198 g/mol. The van der Waals surface area contributed by atoms with Crippen molar-refractivity contribution in [1.29, 1.82) is 0 Å². The van der Waals surface area contributed by atoms with Gasteiger partial charge in [-0.25, -0.2) is 0 Å². The van der Waals surface area contributed by atoms with Gasteiger partial charge in [0.25, 0.3) is 0 Å². The largest absolute Gasteiger partial charge is 0.317 e. The molecule has 0 aromatic carbocycles. The van der Waals surface area contributed by atoms with Gasteiger partial charge >= 0.3 is 0 Å². The van der Waals surface area contributed by atoms with Gasteiger partial charge in [-0.05, 0) is 50.9 Å². The Morgan fingerprint density at radius 3 is 2.57 bits per heavy atom. The number of piperidine rings is 1. The number of hydrogen-bond acceptors (Lipinski definition) is 2. The molecular formula is C12H26N2. The van der Waals surface area contributed by atoms with Crippen LogP contribution in [0.5, 0.6) is 0 Å². The second-order valence-electron chi connectivity index (χ2n) is 4.90. The van der Waals surface area contributed by atoms with Crippen molar-refractivity contribution in [3.8, 4) is 0 Å². The van der Waals surface area contributed by atoms with Gasteiger partial charge < -0.3 is 10.2 Å². The molecule has 1 atom stereocenters. The van der Waals surface area contributed by atoms with Crippen LogP contribution in [0.15, 0.2) is 0 Å². The third-order valence-corrected chi connectivity index (χ3v) is 3.19. The van der Waals surface area contributed by atoms with Gasteiger partial charge in [-0.3, -0.25) is 0 Å². The second-order valence-corrected chi connectivity index (χ2v) is 4.90. The van der Waals surface area contributed by atoms with Crippen LogP contribution in [0.3, 0.4) is 0 Å². The van der Waals surface area contributed by atoms with Crippen LogP contribution in [-0.4, -0.2) is 37.6 Å². The maximum atomic E-state index is 3.42. The Bertz CT molecular complexity index is 139. The normalized spacial score (nSPS) is 22.5. The Labute approximate surface area is 89.1 Å². The molecule has 1 unspecified atom stereocenters. The molecule has 1 N–H and O–H groups in total. The van der Waals surface area contributed by atoms with Crippen molar-refractivity contribution >= 4 is 0 Å². The quantitative estimate of drug-likeness (QED) is 0.726. The molecule has 0 radical (unpaired) electrons. The lowest BCUT2D eigenvalue weighted by atomic mass is 9.98. The summed E-state index contributed by atoms with van der Waals surface area (Å²) in [7, 11) is 0. The van der Waals surface area contributed by atoms with Gasteiger partial charge in [0, 0.05) is 6.54 Å². The number of likely N-dealkylation sites (tertiary alicyclic amines) is 1. The minimum atomic E-state index is 0.795. The van der Waals surface area contributed by atoms with E-state index >= 15 is 0 Å². The topological polar surface area (TPSA) is 15.3 Å². The van der Waals surface area contributed by atoms with E-state index in [1.165, 1.54) is 39.0 Å². The Balaban J connectivity index is 2.10. The molecule has 84 valence electrons. The molecule has 1 aliphatic heterocycles. The fraction of sp³-hybridized carbons (Fsp3) is 1.00. The fourth-order valence-electron chi connectivity index (χ4n) is 2.14. The van der Waals surface area contributed by atoms with E-state index in [0.717, 1.165) is 18.4 Å². The second kappa shape index (κ2) is 6.41. The highest BCUT2D eigenvalue weighted by Gasteiger charge is 2.16. The summed E-state index contributed by atoms with van der Waals surface area (Å²) in [4.78, 5) is 2.63. The lowest BCUT2D eigenvalue weighted by Gasteiger charge is -2.32. The molecule has 1 aliphatic rings. The molecule has 0 amide bonds. The van der Waals surface area contributed by atoms with E-state index in [9.17, 15) is 0 Å². The van der Waals surface area contributed by atoms with Crippen LogP contribution >= 0.6 is 0 Å². The van der Waals surface area contributed by atoms with Crippen LogP contribution in [0.2, 0.25) is 0 Å². The average molecular weight is 198 g/mol. The molecule has 1 heterocycles. The van der Waals surface area contributed by atoms with Gasteiger partial charge in [-0.1, -0.05) is 20.8 Å². The molecular weight excluding hydrogens is 172 g/mol. The summed E-state index contributed by atoms with van der Waals surface area (Å²) in [6.07, 6.45) is 2.79. The van der Waals surface area contributed by atoms with Gasteiger partial charge in [0.2, 0.25) is 0 Å². The van der Waals surface area contributed by atoms with E-state index in [2.05, 4.69) is 31.0 Å². The van der Waals surface area contributed by atoms with E-state index in [4.69, 9.17) is 0 Å². The molecule has 0 saturated carbocycles. The zero-order valence-electron chi connectivity index (χ0n) is 10.1. The Hall–Kier alpha value is -0.0800. The van der Waals surface area contributed by atoms with Gasteiger partial charge in [0.15, 0.2) is 0 Å². The van der Waals surface area contributed by atoms with Crippen molar-refractivity contribution in [2.75, 3.05) is 32.7 Å². The van der Waals surface area contributed by atoms with Crippen molar-refractivity contribution in [3.05, 3.63) is 0 Å². The van der Waals surface area contributed by atoms with E-state index in [0.29, 0.717) is 0 Å². The van der Waals surface area contributed by atoms with Crippen molar-refractivity contribution in [1.82, 2.24) is 10.2 Å². The highest BCUT2D eigenvalue weighted by atomic mass is 15.1. The molecule has 1 rings (SSSR count). The molecule has 2 nitrogen and oxygen atoms in total. The number of rotatable bonds is 5. The van der Waals surface area contributed by atoms with E-state index in [1.54, 1.807) is 0 Å². The van der Waals surface area contributed by atoms with Crippen LogP contribution < -0.4 is 5.32 Å². The number of nitrogens with zero attached hydrogens (tertiary/aromatic N) is 1. The van der Waals surface area contributed by atoms with Crippen LogP contribution in [0.25, 0.3) is 0 Å². The van der Waals surface area contributed by atoms with Crippen LogP contribution in [0.4, 0.5) is 0 Å². The fourth-order valence-corrected chi connectivity index (χ4v) is 2.14. The molecule has 0 bridgehead atoms. The Morgan fingerprint density at radius 2 is 2.00 bits per heavy atom. The Morgan fingerprint density at radius 1 is 1.36 bits per heavy atom. The van der Waals surface area contributed by atoms with Crippen LogP contribution in [-0.2, 0) is 0 Å². The van der Waals surface area contributed by atoms with Crippen molar-refractivity contribution < 1.29 is 0 Å². The summed E-state index contributed by atoms with van der Waals surface area (Å²) in [6, 6.07) is 0. The van der Waals surface area contributed by atoms with Crippen LogP contribution in [0, 0.1) is 11.8 Å². The van der Waals surface area contributed by atoms with Gasteiger partial charge in [0.05, 0.1) is 0 Å². The first-order valence-electron chi connectivity index (χ1n) is 6.15. The van der Waals surface area contributed by atoms with Crippen molar-refractivity contribution in [3.63, 3.8) is 0 Å². The summed E-state index contributed by atoms with van der Waals surface area (Å²) < 4.78 is 0. The maximum Gasteiger partial charge on any atom is 0.00191 e. The summed E-state index contributed by atoms with van der Waals surface area (Å²) in [6.45, 7) is 13.1. The van der Waals surface area contributed by atoms with Crippen molar-refractivity contribution in [2.45, 2.75) is 33.6 Å².